The van der Waals surface area contributed by atoms with Crippen LogP contribution in [-0.2, 0) is 14.2 Å². The fourth-order valence-corrected chi connectivity index (χ4v) is 4.01. The van der Waals surface area contributed by atoms with Crippen molar-refractivity contribution >= 4 is 16.7 Å². The second kappa shape index (κ2) is 12.7. The van der Waals surface area contributed by atoms with E-state index in [1.165, 1.54) is 0 Å². The predicted molar refractivity (Wildman–Crippen MR) is 139 cm³/mol. The first-order valence-electron chi connectivity index (χ1n) is 12.2. The van der Waals surface area contributed by atoms with Gasteiger partial charge in [0.05, 0.1) is 32.1 Å². The molecule has 0 fully saturated rings. The van der Waals surface area contributed by atoms with E-state index in [4.69, 9.17) is 23.4 Å². The van der Waals surface area contributed by atoms with Crippen LogP contribution < -0.4 is 15.5 Å². The van der Waals surface area contributed by atoms with Crippen molar-refractivity contribution in [3.63, 3.8) is 0 Å². The summed E-state index contributed by atoms with van der Waals surface area (Å²) in [6, 6.07) is 9.62. The summed E-state index contributed by atoms with van der Waals surface area (Å²) in [5, 5.41) is 13.5. The Morgan fingerprint density at radius 2 is 1.76 bits per heavy atom. The maximum Gasteiger partial charge on any atom is 0.217 e. The first kappa shape index (κ1) is 27.3. The van der Waals surface area contributed by atoms with E-state index in [-0.39, 0.29) is 28.9 Å². The molecule has 4 rings (SSSR count). The van der Waals surface area contributed by atoms with Gasteiger partial charge in [0.1, 0.15) is 23.7 Å². The first-order valence-corrected chi connectivity index (χ1v) is 12.2. The standard InChI is InChI=1S/C28H29F2NO7/c1-3-35-9-10-36-7-6-31-22-5-4-17(12-27(22)37-11-8-34-2)28-18-13-20(29)23(32)15-25(18)38-26-16-24(33)21(30)14-19(26)28/h4-5,12-16,31-32H,3,6-11H2,1-2H3. The second-order valence-electron chi connectivity index (χ2n) is 8.34. The van der Waals surface area contributed by atoms with E-state index in [1.807, 2.05) is 6.92 Å². The summed E-state index contributed by atoms with van der Waals surface area (Å²) >= 11 is 0. The van der Waals surface area contributed by atoms with Crippen LogP contribution in [-0.4, -0.2) is 58.4 Å². The molecule has 0 amide bonds. The lowest BCUT2D eigenvalue weighted by Gasteiger charge is -2.18. The molecule has 8 nitrogen and oxygen atoms in total. The average Bonchev–Trinajstić information content (AvgIpc) is 2.89. The highest BCUT2D eigenvalue weighted by atomic mass is 19.1. The number of ether oxygens (including phenoxy) is 4. The minimum absolute atomic E-state index is 0.0955. The lowest BCUT2D eigenvalue weighted by atomic mass is 9.93. The average molecular weight is 530 g/mol. The Morgan fingerprint density at radius 1 is 0.947 bits per heavy atom. The molecule has 0 saturated heterocycles. The van der Waals surface area contributed by atoms with Gasteiger partial charge in [0, 0.05) is 48.9 Å². The zero-order valence-corrected chi connectivity index (χ0v) is 21.1. The predicted octanol–water partition coefficient (Wildman–Crippen LogP) is 5.04. The Labute approximate surface area is 218 Å². The molecule has 0 radical (unpaired) electrons. The number of halogens is 2. The molecule has 0 saturated carbocycles. The number of nitrogens with one attached hydrogen (secondary N) is 1. The minimum Gasteiger partial charge on any atom is -0.505 e. The van der Waals surface area contributed by atoms with E-state index < -0.39 is 22.8 Å². The van der Waals surface area contributed by atoms with Gasteiger partial charge in [-0.3, -0.25) is 4.79 Å². The maximum atomic E-state index is 14.4. The molecular formula is C28H29F2NO7. The van der Waals surface area contributed by atoms with Crippen LogP contribution in [0.5, 0.6) is 11.5 Å². The van der Waals surface area contributed by atoms with Crippen molar-refractivity contribution in [3.8, 4) is 33.9 Å². The summed E-state index contributed by atoms with van der Waals surface area (Å²) in [6.07, 6.45) is 0. The Bertz CT molecular complexity index is 1420. The largest absolute Gasteiger partial charge is 0.505 e. The highest BCUT2D eigenvalue weighted by molar-refractivity contribution is 6.02. The molecule has 0 unspecified atom stereocenters. The maximum absolute atomic E-state index is 14.4. The summed E-state index contributed by atoms with van der Waals surface area (Å²) in [4.78, 5) is 12.0. The second-order valence-corrected chi connectivity index (χ2v) is 8.34. The molecule has 0 aromatic heterocycles. The van der Waals surface area contributed by atoms with Gasteiger partial charge >= 0.3 is 0 Å². The van der Waals surface area contributed by atoms with Crippen molar-refractivity contribution in [2.75, 3.05) is 58.6 Å². The number of hydrogen-bond acceptors (Lipinski definition) is 8. The molecule has 1 heterocycles. The third kappa shape index (κ3) is 6.21. The topological polar surface area (TPSA) is 99.4 Å². The molecule has 38 heavy (non-hydrogen) atoms. The fourth-order valence-electron chi connectivity index (χ4n) is 4.01. The number of fused-ring (bicyclic) bond motifs is 2. The number of hydrogen-bond donors (Lipinski definition) is 2. The molecular weight excluding hydrogens is 500 g/mol. The SMILES string of the molecule is CCOCCOCCNc1ccc(-c2c3cc(F)c(=O)cc-3oc3cc(O)c(F)cc23)cc1OCCOC. The van der Waals surface area contributed by atoms with Crippen LogP contribution in [0, 0.1) is 11.6 Å². The smallest absolute Gasteiger partial charge is 0.217 e. The first-order chi connectivity index (χ1) is 18.4. The van der Waals surface area contributed by atoms with Crippen molar-refractivity contribution in [2.45, 2.75) is 6.92 Å². The summed E-state index contributed by atoms with van der Waals surface area (Å²) in [5.41, 5.74) is 1.22. The number of benzene rings is 3. The molecule has 1 aliphatic heterocycles. The van der Waals surface area contributed by atoms with E-state index in [0.717, 1.165) is 24.3 Å². The van der Waals surface area contributed by atoms with Crippen LogP contribution in [0.4, 0.5) is 14.5 Å². The quantitative estimate of drug-likeness (QED) is 0.184. The Balaban J connectivity index is 1.75. The van der Waals surface area contributed by atoms with Crippen molar-refractivity contribution in [3.05, 3.63) is 64.3 Å². The monoisotopic (exact) mass is 529 g/mol. The lowest BCUT2D eigenvalue weighted by molar-refractivity contribution is 0.0570. The van der Waals surface area contributed by atoms with E-state index in [1.54, 1.807) is 25.3 Å². The highest BCUT2D eigenvalue weighted by Gasteiger charge is 2.22. The van der Waals surface area contributed by atoms with Gasteiger partial charge in [-0.15, -0.1) is 0 Å². The number of phenolic OH excluding ortho intramolecular Hbond substituents is 1. The van der Waals surface area contributed by atoms with Crippen LogP contribution >= 0.6 is 0 Å². The van der Waals surface area contributed by atoms with Crippen LogP contribution in [0.1, 0.15) is 6.92 Å². The third-order valence-corrected chi connectivity index (χ3v) is 5.80. The molecule has 0 bridgehead atoms. The van der Waals surface area contributed by atoms with Gasteiger partial charge in [-0.25, -0.2) is 8.78 Å². The highest BCUT2D eigenvalue weighted by Crippen LogP contribution is 2.43. The van der Waals surface area contributed by atoms with Gasteiger partial charge in [0.2, 0.25) is 5.43 Å². The van der Waals surface area contributed by atoms with Crippen molar-refractivity contribution < 1.29 is 37.3 Å². The summed E-state index contributed by atoms with van der Waals surface area (Å²) in [5.74, 6) is -1.86. The van der Waals surface area contributed by atoms with Crippen LogP contribution in [0.2, 0.25) is 0 Å². The van der Waals surface area contributed by atoms with Gasteiger partial charge in [-0.05, 0) is 36.8 Å². The van der Waals surface area contributed by atoms with Crippen molar-refractivity contribution in [1.82, 2.24) is 0 Å². The molecule has 2 aromatic carbocycles. The number of methoxy groups -OCH3 is 1. The van der Waals surface area contributed by atoms with Gasteiger partial charge in [-0.2, -0.15) is 0 Å². The van der Waals surface area contributed by atoms with Crippen molar-refractivity contribution in [2.24, 2.45) is 0 Å². The zero-order valence-electron chi connectivity index (χ0n) is 21.1. The molecule has 1 aliphatic carbocycles. The Morgan fingerprint density at radius 3 is 2.55 bits per heavy atom. The normalized spacial score (nSPS) is 11.4. The fraction of sp³-hybridized carbons (Fsp3) is 0.321. The lowest BCUT2D eigenvalue weighted by Crippen LogP contribution is -2.13. The Hall–Kier alpha value is -3.73. The zero-order chi connectivity index (χ0) is 27.1. The van der Waals surface area contributed by atoms with Crippen LogP contribution in [0.15, 0.2) is 51.7 Å². The molecule has 0 spiro atoms. The van der Waals surface area contributed by atoms with Crippen molar-refractivity contribution in [1.29, 1.82) is 0 Å². The number of phenols is 1. The molecule has 2 aliphatic rings. The molecule has 0 atom stereocenters. The summed E-state index contributed by atoms with van der Waals surface area (Å²) < 4.78 is 56.4. The molecule has 2 N–H and O–H groups in total. The number of rotatable bonds is 13. The van der Waals surface area contributed by atoms with E-state index in [0.29, 0.717) is 62.1 Å². The summed E-state index contributed by atoms with van der Waals surface area (Å²) in [6.45, 7) is 5.13. The molecule has 10 heteroatoms. The van der Waals surface area contributed by atoms with Crippen LogP contribution in [0.25, 0.3) is 33.4 Å². The van der Waals surface area contributed by atoms with Gasteiger partial charge < -0.3 is 33.8 Å². The molecule has 2 aromatic rings. The minimum atomic E-state index is -0.966. The van der Waals surface area contributed by atoms with E-state index >= 15 is 0 Å². The summed E-state index contributed by atoms with van der Waals surface area (Å²) in [7, 11) is 1.56. The van der Waals surface area contributed by atoms with Gasteiger partial charge in [0.25, 0.3) is 0 Å². The van der Waals surface area contributed by atoms with Gasteiger partial charge in [0.15, 0.2) is 17.4 Å². The number of anilines is 1. The van der Waals surface area contributed by atoms with Crippen LogP contribution in [0.3, 0.4) is 0 Å². The number of aromatic hydroxyl groups is 1. The Kier molecular flexibility index (Phi) is 9.11. The molecule has 202 valence electrons. The van der Waals surface area contributed by atoms with E-state index in [2.05, 4.69) is 5.32 Å². The van der Waals surface area contributed by atoms with E-state index in [9.17, 15) is 18.7 Å². The third-order valence-electron chi connectivity index (χ3n) is 5.80. The van der Waals surface area contributed by atoms with Gasteiger partial charge in [-0.1, -0.05) is 6.07 Å².